The molecule has 6 heteroatoms. The molecule has 4 N–H and O–H groups in total. The third-order valence-electron chi connectivity index (χ3n) is 2.41. The molecule has 1 aromatic rings. The summed E-state index contributed by atoms with van der Waals surface area (Å²) in [7, 11) is 1.82. The van der Waals surface area contributed by atoms with E-state index in [-0.39, 0.29) is 18.9 Å². The van der Waals surface area contributed by atoms with Gasteiger partial charge in [0.05, 0.1) is 13.0 Å². The van der Waals surface area contributed by atoms with E-state index in [0.29, 0.717) is 17.9 Å². The maximum absolute atomic E-state index is 11.4. The summed E-state index contributed by atoms with van der Waals surface area (Å²) < 4.78 is 5.39. The van der Waals surface area contributed by atoms with E-state index < -0.39 is 5.91 Å². The first-order valence-corrected chi connectivity index (χ1v) is 6.07. The van der Waals surface area contributed by atoms with Crippen LogP contribution in [0.3, 0.4) is 0 Å². The van der Waals surface area contributed by atoms with Gasteiger partial charge in [-0.15, -0.1) is 0 Å². The molecule has 0 atom stereocenters. The molecule has 0 fully saturated rings. The summed E-state index contributed by atoms with van der Waals surface area (Å²) in [4.78, 5) is 22.4. The number of likely N-dealkylation sites (N-methyl/N-ethyl adjacent to an activating group) is 1. The van der Waals surface area contributed by atoms with E-state index in [9.17, 15) is 9.59 Å². The fourth-order valence-electron chi connectivity index (χ4n) is 1.42. The molecule has 6 nitrogen and oxygen atoms in total. The van der Waals surface area contributed by atoms with Crippen LogP contribution in [0.5, 0.6) is 5.75 Å². The molecule has 0 bridgehead atoms. The number of hydrogen-bond donors (Lipinski definition) is 3. The number of carbonyl (C=O) groups excluding carboxylic acids is 2. The van der Waals surface area contributed by atoms with Gasteiger partial charge in [0.1, 0.15) is 5.75 Å². The van der Waals surface area contributed by atoms with Crippen LogP contribution in [0.15, 0.2) is 24.3 Å². The Hall–Kier alpha value is -2.08. The summed E-state index contributed by atoms with van der Waals surface area (Å²) >= 11 is 0. The van der Waals surface area contributed by atoms with Gasteiger partial charge >= 0.3 is 0 Å². The lowest BCUT2D eigenvalue weighted by Gasteiger charge is -2.07. The molecule has 0 unspecified atom stereocenters. The van der Waals surface area contributed by atoms with Crippen molar-refractivity contribution in [2.45, 2.75) is 6.42 Å². The third-order valence-corrected chi connectivity index (χ3v) is 2.41. The van der Waals surface area contributed by atoms with Crippen LogP contribution in [0.25, 0.3) is 0 Å². The maximum atomic E-state index is 11.4. The zero-order valence-electron chi connectivity index (χ0n) is 10.9. The fraction of sp³-hybridized carbons (Fsp3) is 0.385. The van der Waals surface area contributed by atoms with E-state index >= 15 is 0 Å². The zero-order valence-corrected chi connectivity index (χ0v) is 10.9. The molecule has 0 aliphatic carbocycles. The van der Waals surface area contributed by atoms with Crippen LogP contribution in [0.2, 0.25) is 0 Å². The topological polar surface area (TPSA) is 93.4 Å². The zero-order chi connectivity index (χ0) is 14.1. The molecule has 0 aromatic heterocycles. The molecule has 104 valence electrons. The van der Waals surface area contributed by atoms with E-state index in [2.05, 4.69) is 10.6 Å². The second kappa shape index (κ2) is 8.10. The Morgan fingerprint density at radius 2 is 2.11 bits per heavy atom. The highest BCUT2D eigenvalue weighted by Gasteiger charge is 2.04. The molecular weight excluding hydrogens is 246 g/mol. The Balaban J connectivity index is 2.31. The number of primary amides is 1. The quantitative estimate of drug-likeness (QED) is 0.572. The Bertz CT molecular complexity index is 435. The van der Waals surface area contributed by atoms with E-state index in [1.807, 2.05) is 7.05 Å². The van der Waals surface area contributed by atoms with Gasteiger partial charge in [-0.1, -0.05) is 6.07 Å². The molecule has 1 aromatic carbocycles. The van der Waals surface area contributed by atoms with Gasteiger partial charge in [0.15, 0.2) is 0 Å². The molecule has 0 aliphatic heterocycles. The number of carbonyl (C=O) groups is 2. The Labute approximate surface area is 112 Å². The highest BCUT2D eigenvalue weighted by molar-refractivity contribution is 5.93. The van der Waals surface area contributed by atoms with Gasteiger partial charge in [0.25, 0.3) is 0 Å². The average Bonchev–Trinajstić information content (AvgIpc) is 2.39. The second-order valence-electron chi connectivity index (χ2n) is 3.94. The number of rotatable bonds is 8. The van der Waals surface area contributed by atoms with Crippen molar-refractivity contribution in [1.29, 1.82) is 0 Å². The SMILES string of the molecule is CNCCNC(=O)CCOc1cccc(C(N)=O)c1. The van der Waals surface area contributed by atoms with Crippen molar-refractivity contribution in [2.24, 2.45) is 5.73 Å². The standard InChI is InChI=1S/C13H19N3O3/c1-15-6-7-16-12(17)5-8-19-11-4-2-3-10(9-11)13(14)18/h2-4,9,15H,5-8H2,1H3,(H2,14,18)(H,16,17). The number of nitrogens with two attached hydrogens (primary N) is 1. The Kier molecular flexibility index (Phi) is 6.38. The van der Waals surface area contributed by atoms with Crippen molar-refractivity contribution >= 4 is 11.8 Å². The first-order chi connectivity index (χ1) is 9.13. The highest BCUT2D eigenvalue weighted by Crippen LogP contribution is 2.12. The average molecular weight is 265 g/mol. The first-order valence-electron chi connectivity index (χ1n) is 6.07. The van der Waals surface area contributed by atoms with Crippen molar-refractivity contribution in [3.05, 3.63) is 29.8 Å². The van der Waals surface area contributed by atoms with Crippen molar-refractivity contribution < 1.29 is 14.3 Å². The predicted molar refractivity (Wildman–Crippen MR) is 72.0 cm³/mol. The van der Waals surface area contributed by atoms with E-state index in [4.69, 9.17) is 10.5 Å². The minimum atomic E-state index is -0.504. The lowest BCUT2D eigenvalue weighted by molar-refractivity contribution is -0.121. The number of hydrogen-bond acceptors (Lipinski definition) is 4. The fourth-order valence-corrected chi connectivity index (χ4v) is 1.42. The summed E-state index contributed by atoms with van der Waals surface area (Å²) in [5.74, 6) is -0.0455. The van der Waals surface area contributed by atoms with Gasteiger partial charge < -0.3 is 21.1 Å². The first kappa shape index (κ1) is 15.0. The van der Waals surface area contributed by atoms with Crippen LogP contribution in [0.1, 0.15) is 16.8 Å². The van der Waals surface area contributed by atoms with Crippen molar-refractivity contribution in [1.82, 2.24) is 10.6 Å². The Morgan fingerprint density at radius 1 is 1.32 bits per heavy atom. The number of amides is 2. The summed E-state index contributed by atoms with van der Waals surface area (Å²) in [6, 6.07) is 6.56. The predicted octanol–water partition coefficient (Wildman–Crippen LogP) is -0.110. The normalized spacial score (nSPS) is 9.95. The number of nitrogens with one attached hydrogen (secondary N) is 2. The molecule has 1 rings (SSSR count). The molecule has 0 heterocycles. The molecule has 0 spiro atoms. The van der Waals surface area contributed by atoms with Gasteiger partial charge in [-0.3, -0.25) is 9.59 Å². The molecule has 19 heavy (non-hydrogen) atoms. The van der Waals surface area contributed by atoms with E-state index in [0.717, 1.165) is 6.54 Å². The lowest BCUT2D eigenvalue weighted by Crippen LogP contribution is -2.31. The van der Waals surface area contributed by atoms with Gasteiger partial charge in [-0.05, 0) is 25.2 Å². The molecule has 2 amide bonds. The molecule has 0 aliphatic rings. The maximum Gasteiger partial charge on any atom is 0.248 e. The minimum Gasteiger partial charge on any atom is -0.493 e. The van der Waals surface area contributed by atoms with Crippen LogP contribution >= 0.6 is 0 Å². The van der Waals surface area contributed by atoms with Crippen LogP contribution in [0.4, 0.5) is 0 Å². The summed E-state index contributed by atoms with van der Waals surface area (Å²) in [6.07, 6.45) is 0.268. The summed E-state index contributed by atoms with van der Waals surface area (Å²) in [5.41, 5.74) is 5.55. The monoisotopic (exact) mass is 265 g/mol. The van der Waals surface area contributed by atoms with Gasteiger partial charge in [0.2, 0.25) is 11.8 Å². The molecule has 0 radical (unpaired) electrons. The van der Waals surface area contributed by atoms with Crippen LogP contribution in [0, 0.1) is 0 Å². The second-order valence-corrected chi connectivity index (χ2v) is 3.94. The van der Waals surface area contributed by atoms with Crippen LogP contribution in [-0.4, -0.2) is 38.6 Å². The number of benzene rings is 1. The molecular formula is C13H19N3O3. The van der Waals surface area contributed by atoms with Gasteiger partial charge in [-0.2, -0.15) is 0 Å². The molecule has 0 saturated carbocycles. The van der Waals surface area contributed by atoms with Crippen LogP contribution < -0.4 is 21.1 Å². The summed E-state index contributed by atoms with van der Waals surface area (Å²) in [6.45, 7) is 1.58. The number of ether oxygens (including phenoxy) is 1. The minimum absolute atomic E-state index is 0.0682. The van der Waals surface area contributed by atoms with Gasteiger partial charge in [0, 0.05) is 18.7 Å². The van der Waals surface area contributed by atoms with Crippen molar-refractivity contribution in [2.75, 3.05) is 26.7 Å². The van der Waals surface area contributed by atoms with E-state index in [1.165, 1.54) is 0 Å². The van der Waals surface area contributed by atoms with Crippen molar-refractivity contribution in [3.8, 4) is 5.75 Å². The highest BCUT2D eigenvalue weighted by atomic mass is 16.5. The third kappa shape index (κ3) is 5.87. The lowest BCUT2D eigenvalue weighted by atomic mass is 10.2. The summed E-state index contributed by atoms with van der Waals surface area (Å²) in [5, 5.41) is 5.68. The largest absolute Gasteiger partial charge is 0.493 e. The van der Waals surface area contributed by atoms with E-state index in [1.54, 1.807) is 24.3 Å². The molecule has 0 saturated heterocycles. The van der Waals surface area contributed by atoms with Gasteiger partial charge in [-0.25, -0.2) is 0 Å². The smallest absolute Gasteiger partial charge is 0.248 e. The van der Waals surface area contributed by atoms with Crippen LogP contribution in [-0.2, 0) is 4.79 Å². The van der Waals surface area contributed by atoms with Crippen molar-refractivity contribution in [3.63, 3.8) is 0 Å². The Morgan fingerprint density at radius 3 is 2.79 bits per heavy atom.